The van der Waals surface area contributed by atoms with Crippen molar-refractivity contribution in [3.63, 3.8) is 0 Å². The number of ether oxygens (including phenoxy) is 1. The van der Waals surface area contributed by atoms with Crippen molar-refractivity contribution in [2.45, 2.75) is 48.6 Å². The molecule has 0 saturated carbocycles. The molecule has 15 heteroatoms. The molecular weight excluding hydrogens is 533 g/mol. The fourth-order valence-corrected chi connectivity index (χ4v) is 4.06. The maximum Gasteiger partial charge on any atom is 0.435 e. The van der Waals surface area contributed by atoms with Crippen LogP contribution in [0.1, 0.15) is 11.3 Å². The molecule has 4 rings (SSSR count). The van der Waals surface area contributed by atoms with Gasteiger partial charge in [0, 0.05) is 5.56 Å². The third-order valence-electron chi connectivity index (χ3n) is 5.71. The Morgan fingerprint density at radius 2 is 1.61 bits per heavy atom. The van der Waals surface area contributed by atoms with E-state index in [1.165, 1.54) is 24.3 Å². The molecule has 0 unspecified atom stereocenters. The van der Waals surface area contributed by atoms with Crippen molar-refractivity contribution < 1.29 is 46.8 Å². The molecule has 208 valence electrons. The number of nitrogens with two attached hydrogens (primary N) is 2. The molecular formula is C23H27F3N4O7S. The lowest BCUT2D eigenvalue weighted by Gasteiger charge is -2.38. The molecule has 0 aliphatic carbocycles. The molecule has 2 heterocycles. The Hall–Kier alpha value is -2.89. The molecule has 1 aliphatic heterocycles. The van der Waals surface area contributed by atoms with Gasteiger partial charge in [0.2, 0.25) is 10.0 Å². The number of aliphatic hydroxyl groups excluding tert-OH is 4. The van der Waals surface area contributed by atoms with Crippen molar-refractivity contribution in [1.82, 2.24) is 9.78 Å². The van der Waals surface area contributed by atoms with Gasteiger partial charge in [0.25, 0.3) is 0 Å². The first kappa shape index (κ1) is 29.7. The second-order valence-electron chi connectivity index (χ2n) is 8.54. The first-order chi connectivity index (χ1) is 17.6. The SMILES string of the molecule is Cc1ccc(-c2cc(C(F)(F)F)nn2-c2ccc(S(N)(=O)=O)cc2)cc1.N[C@@H]1[C@@H](O)[C@H](O)[C@@H](CO)O[C@H]1O. The van der Waals surface area contributed by atoms with Gasteiger partial charge in [0.1, 0.15) is 18.3 Å². The molecule has 1 aromatic heterocycles. The summed E-state index contributed by atoms with van der Waals surface area (Å²) < 4.78 is 67.9. The summed E-state index contributed by atoms with van der Waals surface area (Å²) in [6, 6.07) is 12.0. The minimum atomic E-state index is -4.61. The highest BCUT2D eigenvalue weighted by Crippen LogP contribution is 2.33. The molecule has 1 fully saturated rings. The second-order valence-corrected chi connectivity index (χ2v) is 10.1. The average Bonchev–Trinajstić information content (AvgIpc) is 3.32. The van der Waals surface area contributed by atoms with E-state index in [4.69, 9.17) is 25.8 Å². The third kappa shape index (κ3) is 6.75. The topological polar surface area (TPSA) is 194 Å². The molecule has 1 saturated heterocycles. The zero-order valence-corrected chi connectivity index (χ0v) is 20.7. The van der Waals surface area contributed by atoms with Crippen molar-refractivity contribution in [3.8, 4) is 16.9 Å². The van der Waals surface area contributed by atoms with E-state index in [2.05, 4.69) is 5.10 Å². The van der Waals surface area contributed by atoms with Gasteiger partial charge in [-0.2, -0.15) is 18.3 Å². The quantitative estimate of drug-likeness (QED) is 0.259. The normalized spacial score (nSPS) is 24.0. The van der Waals surface area contributed by atoms with Crippen LogP contribution in [0, 0.1) is 6.92 Å². The minimum absolute atomic E-state index is 0.138. The maximum atomic E-state index is 13.1. The fourth-order valence-electron chi connectivity index (χ4n) is 3.54. The van der Waals surface area contributed by atoms with Crippen molar-refractivity contribution >= 4 is 10.0 Å². The second kappa shape index (κ2) is 11.5. The Morgan fingerprint density at radius 1 is 1.03 bits per heavy atom. The number of primary sulfonamides is 1. The lowest BCUT2D eigenvalue weighted by molar-refractivity contribution is -0.248. The number of benzene rings is 2. The number of sulfonamides is 1. The number of halogens is 3. The Morgan fingerprint density at radius 3 is 2.11 bits per heavy atom. The number of hydrogen-bond donors (Lipinski definition) is 6. The van der Waals surface area contributed by atoms with Crippen LogP contribution >= 0.6 is 0 Å². The van der Waals surface area contributed by atoms with E-state index in [-0.39, 0.29) is 16.3 Å². The number of aliphatic hydroxyl groups is 4. The minimum Gasteiger partial charge on any atom is -0.394 e. The van der Waals surface area contributed by atoms with Crippen LogP contribution in [-0.4, -0.2) is 75.9 Å². The predicted octanol–water partition coefficient (Wildman–Crippen LogP) is 0.259. The molecule has 2 aromatic carbocycles. The molecule has 0 amide bonds. The van der Waals surface area contributed by atoms with E-state index in [1.54, 1.807) is 24.3 Å². The Labute approximate surface area is 215 Å². The zero-order valence-electron chi connectivity index (χ0n) is 19.9. The van der Waals surface area contributed by atoms with E-state index in [1.807, 2.05) is 6.92 Å². The van der Waals surface area contributed by atoms with Crippen LogP contribution in [0.3, 0.4) is 0 Å². The summed E-state index contributed by atoms with van der Waals surface area (Å²) in [7, 11) is -3.90. The lowest BCUT2D eigenvalue weighted by atomic mass is 9.98. The van der Waals surface area contributed by atoms with Crippen LogP contribution in [0.25, 0.3) is 16.9 Å². The highest BCUT2D eigenvalue weighted by atomic mass is 32.2. The predicted molar refractivity (Wildman–Crippen MR) is 128 cm³/mol. The lowest BCUT2D eigenvalue weighted by Crippen LogP contribution is -2.61. The van der Waals surface area contributed by atoms with Crippen molar-refractivity contribution in [2.24, 2.45) is 10.9 Å². The summed E-state index contributed by atoms with van der Waals surface area (Å²) in [4.78, 5) is -0.138. The number of hydrogen-bond acceptors (Lipinski definition) is 9. The highest BCUT2D eigenvalue weighted by molar-refractivity contribution is 7.89. The van der Waals surface area contributed by atoms with Gasteiger partial charge < -0.3 is 30.9 Å². The number of rotatable bonds is 4. The summed E-state index contributed by atoms with van der Waals surface area (Å²) in [6.07, 6.45) is -9.46. The largest absolute Gasteiger partial charge is 0.435 e. The van der Waals surface area contributed by atoms with Gasteiger partial charge in [-0.25, -0.2) is 18.2 Å². The molecule has 0 bridgehead atoms. The average molecular weight is 561 g/mol. The maximum absolute atomic E-state index is 13.1. The molecule has 38 heavy (non-hydrogen) atoms. The smallest absolute Gasteiger partial charge is 0.394 e. The Bertz CT molecular complexity index is 1330. The molecule has 8 N–H and O–H groups in total. The standard InChI is InChI=1S/C17H14F3N3O2S.C6H13NO5/c1-11-2-4-12(5-3-11)15-10-16(17(18,19)20)22-23(15)13-6-8-14(9-7-13)26(21,24)25;7-3-5(10)4(9)2(1-8)12-6(3)11/h2-10H,1H3,(H2,21,24,25);2-6,8-11H,1,7H2/t;2-,3-,4-,5-,6-/m.1/s1. The Balaban J connectivity index is 0.000000279. The van der Waals surface area contributed by atoms with Crippen LogP contribution < -0.4 is 10.9 Å². The summed E-state index contributed by atoms with van der Waals surface area (Å²) in [6.45, 7) is 1.40. The number of aromatic nitrogens is 2. The fraction of sp³-hybridized carbons (Fsp3) is 0.348. The van der Waals surface area contributed by atoms with Crippen molar-refractivity contribution in [1.29, 1.82) is 0 Å². The van der Waals surface area contributed by atoms with Gasteiger partial charge in [-0.15, -0.1) is 0 Å². The van der Waals surface area contributed by atoms with Gasteiger partial charge >= 0.3 is 6.18 Å². The number of nitrogens with zero attached hydrogens (tertiary/aromatic N) is 2. The van der Waals surface area contributed by atoms with Crippen LogP contribution in [-0.2, 0) is 20.9 Å². The molecule has 1 aliphatic rings. The van der Waals surface area contributed by atoms with Gasteiger partial charge in [0.15, 0.2) is 12.0 Å². The molecule has 0 spiro atoms. The molecule has 5 atom stereocenters. The van der Waals surface area contributed by atoms with E-state index in [0.29, 0.717) is 5.56 Å². The summed E-state index contributed by atoms with van der Waals surface area (Å²) >= 11 is 0. The van der Waals surface area contributed by atoms with E-state index in [9.17, 15) is 31.8 Å². The van der Waals surface area contributed by atoms with Gasteiger partial charge in [-0.3, -0.25) is 0 Å². The van der Waals surface area contributed by atoms with Crippen LogP contribution in [0.2, 0.25) is 0 Å². The molecule has 11 nitrogen and oxygen atoms in total. The Kier molecular flexibility index (Phi) is 8.95. The molecule has 0 radical (unpaired) electrons. The van der Waals surface area contributed by atoms with E-state index < -0.39 is 59.1 Å². The molecule has 3 aromatic rings. The zero-order chi connectivity index (χ0) is 28.4. The van der Waals surface area contributed by atoms with Gasteiger partial charge in [0.05, 0.1) is 28.9 Å². The van der Waals surface area contributed by atoms with Gasteiger partial charge in [-0.05, 0) is 37.3 Å². The first-order valence-electron chi connectivity index (χ1n) is 11.1. The monoisotopic (exact) mass is 560 g/mol. The first-order valence-corrected chi connectivity index (χ1v) is 12.6. The number of alkyl halides is 3. The van der Waals surface area contributed by atoms with Crippen molar-refractivity contribution in [2.75, 3.05) is 6.61 Å². The van der Waals surface area contributed by atoms with Crippen LogP contribution in [0.4, 0.5) is 13.2 Å². The third-order valence-corrected chi connectivity index (χ3v) is 6.63. The van der Waals surface area contributed by atoms with Gasteiger partial charge in [-0.1, -0.05) is 29.8 Å². The summed E-state index contributed by atoms with van der Waals surface area (Å²) in [5, 5.41) is 44.8. The summed E-state index contributed by atoms with van der Waals surface area (Å²) in [5.41, 5.74) is 6.26. The highest BCUT2D eigenvalue weighted by Gasteiger charge is 2.41. The van der Waals surface area contributed by atoms with E-state index in [0.717, 1.165) is 16.3 Å². The summed E-state index contributed by atoms with van der Waals surface area (Å²) in [5.74, 6) is 0. The number of aryl methyl sites for hydroxylation is 1. The van der Waals surface area contributed by atoms with Crippen LogP contribution in [0.5, 0.6) is 0 Å². The van der Waals surface area contributed by atoms with E-state index >= 15 is 0 Å². The van der Waals surface area contributed by atoms with Crippen LogP contribution in [0.15, 0.2) is 59.5 Å². The van der Waals surface area contributed by atoms with Crippen molar-refractivity contribution in [3.05, 3.63) is 65.9 Å².